The Hall–Kier alpha value is -2.74. The standard InChI is InChI=1S/C30H46O.C6H6O/c1-5-7-8-9-10-11-12-13-14-18-22-27-25(19-6-2)23-24-28(31)29(27)30(3,4)26-20-16-15-17-21-26;7-6-4-2-1-3-5-6/h15-17,20-21,23-24,31H,5-14,18-19,22H2,1-4H3;1-5,7H. The summed E-state index contributed by atoms with van der Waals surface area (Å²) in [6.45, 7) is 9.05. The van der Waals surface area contributed by atoms with E-state index in [1.165, 1.54) is 80.9 Å². The Balaban J connectivity index is 0.000000624. The van der Waals surface area contributed by atoms with Crippen LogP contribution in [0.2, 0.25) is 0 Å². The number of phenolic OH excluding ortho intramolecular Hbond substituents is 2. The van der Waals surface area contributed by atoms with E-state index in [-0.39, 0.29) is 5.41 Å². The lowest BCUT2D eigenvalue weighted by Crippen LogP contribution is -2.22. The molecule has 0 heterocycles. The maximum atomic E-state index is 10.9. The summed E-state index contributed by atoms with van der Waals surface area (Å²) in [6, 6.07) is 23.5. The van der Waals surface area contributed by atoms with Gasteiger partial charge in [0.15, 0.2) is 0 Å². The fourth-order valence-corrected chi connectivity index (χ4v) is 5.38. The largest absolute Gasteiger partial charge is 0.508 e. The predicted octanol–water partition coefficient (Wildman–Crippen LogP) is 10.5. The molecule has 0 saturated carbocycles. The van der Waals surface area contributed by atoms with Crippen molar-refractivity contribution in [3.05, 3.63) is 95.1 Å². The van der Waals surface area contributed by atoms with Crippen molar-refractivity contribution in [2.75, 3.05) is 0 Å². The SMILES string of the molecule is CCCCCCCCCCCCc1c(CCC)ccc(O)c1C(C)(C)c1ccccc1.Oc1ccccc1. The average molecular weight is 517 g/mol. The first-order valence-corrected chi connectivity index (χ1v) is 15.1. The molecule has 0 aliphatic rings. The van der Waals surface area contributed by atoms with E-state index in [0.29, 0.717) is 11.5 Å². The van der Waals surface area contributed by atoms with Crippen molar-refractivity contribution in [3.63, 3.8) is 0 Å². The lowest BCUT2D eigenvalue weighted by atomic mass is 9.73. The molecule has 38 heavy (non-hydrogen) atoms. The number of unbranched alkanes of at least 4 members (excludes halogenated alkanes) is 9. The molecular weight excluding hydrogens is 464 g/mol. The molecule has 208 valence electrons. The number of benzene rings is 3. The van der Waals surface area contributed by atoms with Crippen LogP contribution in [0.1, 0.15) is 121 Å². The van der Waals surface area contributed by atoms with Crippen LogP contribution < -0.4 is 0 Å². The molecule has 3 aromatic rings. The Morgan fingerprint density at radius 1 is 0.553 bits per heavy atom. The Bertz CT molecular complexity index is 1010. The lowest BCUT2D eigenvalue weighted by Gasteiger charge is -2.31. The molecule has 3 aromatic carbocycles. The summed E-state index contributed by atoms with van der Waals surface area (Å²) >= 11 is 0. The number of rotatable bonds is 15. The highest BCUT2D eigenvalue weighted by molar-refractivity contribution is 5.53. The van der Waals surface area contributed by atoms with Crippen LogP contribution >= 0.6 is 0 Å². The molecule has 2 heteroatoms. The second kappa shape index (κ2) is 17.7. The van der Waals surface area contributed by atoms with E-state index in [9.17, 15) is 5.11 Å². The van der Waals surface area contributed by atoms with Crippen molar-refractivity contribution >= 4 is 0 Å². The highest BCUT2D eigenvalue weighted by atomic mass is 16.3. The molecule has 2 nitrogen and oxygen atoms in total. The third kappa shape index (κ3) is 10.6. The monoisotopic (exact) mass is 516 g/mol. The molecule has 0 spiro atoms. The van der Waals surface area contributed by atoms with Crippen LogP contribution in [0.15, 0.2) is 72.8 Å². The zero-order chi connectivity index (χ0) is 27.6. The summed E-state index contributed by atoms with van der Waals surface area (Å²) in [5.41, 5.74) is 5.03. The van der Waals surface area contributed by atoms with E-state index in [1.54, 1.807) is 24.3 Å². The van der Waals surface area contributed by atoms with E-state index in [2.05, 4.69) is 64.1 Å². The summed E-state index contributed by atoms with van der Waals surface area (Å²) in [4.78, 5) is 0. The van der Waals surface area contributed by atoms with Gasteiger partial charge in [0.1, 0.15) is 11.5 Å². The van der Waals surface area contributed by atoms with Gasteiger partial charge in [0.2, 0.25) is 0 Å². The maximum absolute atomic E-state index is 10.9. The lowest BCUT2D eigenvalue weighted by molar-refractivity contribution is 0.449. The van der Waals surface area contributed by atoms with E-state index >= 15 is 0 Å². The van der Waals surface area contributed by atoms with Gasteiger partial charge in [0, 0.05) is 11.0 Å². The van der Waals surface area contributed by atoms with Gasteiger partial charge in [-0.15, -0.1) is 0 Å². The highest BCUT2D eigenvalue weighted by Crippen LogP contribution is 2.41. The van der Waals surface area contributed by atoms with Gasteiger partial charge in [-0.2, -0.15) is 0 Å². The Labute approximate surface area is 233 Å². The molecule has 0 unspecified atom stereocenters. The van der Waals surface area contributed by atoms with Gasteiger partial charge in [-0.25, -0.2) is 0 Å². The van der Waals surface area contributed by atoms with Crippen molar-refractivity contribution in [3.8, 4) is 11.5 Å². The van der Waals surface area contributed by atoms with Crippen molar-refractivity contribution in [1.29, 1.82) is 0 Å². The number of hydrogen-bond donors (Lipinski definition) is 2. The first kappa shape index (κ1) is 31.5. The quantitative estimate of drug-likeness (QED) is 0.197. The molecule has 0 aliphatic carbocycles. The van der Waals surface area contributed by atoms with Gasteiger partial charge in [-0.05, 0) is 54.2 Å². The second-order valence-corrected chi connectivity index (χ2v) is 11.1. The number of phenols is 2. The van der Waals surface area contributed by atoms with Gasteiger partial charge in [0.05, 0.1) is 0 Å². The fourth-order valence-electron chi connectivity index (χ4n) is 5.38. The van der Waals surface area contributed by atoms with Gasteiger partial charge < -0.3 is 10.2 Å². The zero-order valence-corrected chi connectivity index (χ0v) is 24.5. The first-order chi connectivity index (χ1) is 18.4. The molecule has 0 atom stereocenters. The topological polar surface area (TPSA) is 40.5 Å². The summed E-state index contributed by atoms with van der Waals surface area (Å²) in [7, 11) is 0. The molecule has 3 rings (SSSR count). The minimum Gasteiger partial charge on any atom is -0.508 e. The van der Waals surface area contributed by atoms with Crippen LogP contribution in [-0.2, 0) is 18.3 Å². The number of aryl methyl sites for hydroxylation is 1. The predicted molar refractivity (Wildman–Crippen MR) is 164 cm³/mol. The van der Waals surface area contributed by atoms with Crippen molar-refractivity contribution in [1.82, 2.24) is 0 Å². The van der Waals surface area contributed by atoms with Crippen LogP contribution in [0.3, 0.4) is 0 Å². The normalized spacial score (nSPS) is 11.2. The third-order valence-electron chi connectivity index (χ3n) is 7.56. The van der Waals surface area contributed by atoms with Gasteiger partial charge in [-0.1, -0.05) is 147 Å². The summed E-state index contributed by atoms with van der Waals surface area (Å²) in [6.07, 6.45) is 16.9. The molecule has 0 radical (unpaired) electrons. The smallest absolute Gasteiger partial charge is 0.119 e. The Kier molecular flexibility index (Phi) is 14.7. The summed E-state index contributed by atoms with van der Waals surface area (Å²) in [5.74, 6) is 0.776. The third-order valence-corrected chi connectivity index (χ3v) is 7.56. The molecule has 0 amide bonds. The number of para-hydroxylation sites is 1. The van der Waals surface area contributed by atoms with Gasteiger partial charge in [0.25, 0.3) is 0 Å². The van der Waals surface area contributed by atoms with Gasteiger partial charge in [-0.3, -0.25) is 0 Å². The molecule has 0 fully saturated rings. The van der Waals surface area contributed by atoms with E-state index in [4.69, 9.17) is 5.11 Å². The van der Waals surface area contributed by atoms with Crippen LogP contribution in [0.4, 0.5) is 0 Å². The molecule has 0 bridgehead atoms. The molecular formula is C36H52O2. The Morgan fingerprint density at radius 2 is 1.08 bits per heavy atom. The second-order valence-electron chi connectivity index (χ2n) is 11.1. The minimum absolute atomic E-state index is 0.205. The fraction of sp³-hybridized carbons (Fsp3) is 0.500. The Morgan fingerprint density at radius 3 is 1.58 bits per heavy atom. The van der Waals surface area contributed by atoms with Crippen LogP contribution in [0, 0.1) is 0 Å². The van der Waals surface area contributed by atoms with E-state index in [0.717, 1.165) is 24.8 Å². The van der Waals surface area contributed by atoms with Crippen LogP contribution in [0.5, 0.6) is 11.5 Å². The van der Waals surface area contributed by atoms with Crippen LogP contribution in [0.25, 0.3) is 0 Å². The van der Waals surface area contributed by atoms with E-state index < -0.39 is 0 Å². The summed E-state index contributed by atoms with van der Waals surface area (Å²) < 4.78 is 0. The molecule has 0 aliphatic heterocycles. The average Bonchev–Trinajstić information content (AvgIpc) is 2.92. The number of aromatic hydroxyl groups is 2. The van der Waals surface area contributed by atoms with Crippen molar-refractivity contribution in [2.24, 2.45) is 0 Å². The van der Waals surface area contributed by atoms with Crippen molar-refractivity contribution < 1.29 is 10.2 Å². The molecule has 0 aromatic heterocycles. The summed E-state index contributed by atoms with van der Waals surface area (Å²) in [5, 5.41) is 19.6. The minimum atomic E-state index is -0.205. The number of hydrogen-bond acceptors (Lipinski definition) is 2. The van der Waals surface area contributed by atoms with Gasteiger partial charge >= 0.3 is 0 Å². The van der Waals surface area contributed by atoms with E-state index in [1.807, 2.05) is 12.1 Å². The maximum Gasteiger partial charge on any atom is 0.119 e. The zero-order valence-electron chi connectivity index (χ0n) is 24.5. The molecule has 2 N–H and O–H groups in total. The highest BCUT2D eigenvalue weighted by Gasteiger charge is 2.29. The van der Waals surface area contributed by atoms with Crippen LogP contribution in [-0.4, -0.2) is 10.2 Å². The van der Waals surface area contributed by atoms with Crippen molar-refractivity contribution in [2.45, 2.75) is 117 Å². The first-order valence-electron chi connectivity index (χ1n) is 15.1. The molecule has 0 saturated heterocycles.